The lowest BCUT2D eigenvalue weighted by molar-refractivity contribution is -0.406. The molecule has 34 N–H and O–H groups in total. The molecule has 136 heavy (non-hydrogen) atoms. The number of carbonyl (C=O) groups is 5. The van der Waals surface area contributed by atoms with Crippen LogP contribution in [0.4, 0.5) is 0 Å². The molecule has 11 aliphatic heterocycles. The van der Waals surface area contributed by atoms with Crippen LogP contribution < -0.4 is 26.6 Å². The topological polar surface area (TPSA) is 926 Å². The molecule has 11 fully saturated rings. The minimum absolute atomic E-state index is 0.870. The zero-order chi connectivity index (χ0) is 100. The Bertz CT molecular complexity index is 3760. The van der Waals surface area contributed by atoms with Crippen molar-refractivity contribution in [3.05, 3.63) is 0 Å². The quantitative estimate of drug-likeness (QED) is 0.0280. The van der Waals surface area contributed by atoms with Crippen LogP contribution in [0.2, 0.25) is 0 Å². The van der Waals surface area contributed by atoms with Crippen LogP contribution >= 0.6 is 0 Å². The van der Waals surface area contributed by atoms with Crippen molar-refractivity contribution in [2.24, 2.45) is 0 Å². The van der Waals surface area contributed by atoms with E-state index in [1.54, 1.807) is 0 Å². The highest BCUT2D eigenvalue weighted by atomic mass is 16.8. The third-order valence-corrected chi connectivity index (χ3v) is 24.9. The molecule has 55 atom stereocenters. The summed E-state index contributed by atoms with van der Waals surface area (Å²) < 4.78 is 127. The van der Waals surface area contributed by atoms with Gasteiger partial charge in [-0.2, -0.15) is 0 Å². The monoisotopic (exact) mass is 1990 g/mol. The van der Waals surface area contributed by atoms with Crippen LogP contribution in [0.25, 0.3) is 0 Å². The van der Waals surface area contributed by atoms with E-state index in [-0.39, 0.29) is 0 Å². The fourth-order valence-electron chi connectivity index (χ4n) is 17.7. The molecule has 0 bridgehead atoms. The third-order valence-electron chi connectivity index (χ3n) is 24.9. The largest absolute Gasteiger partial charge is 0.394 e. The van der Waals surface area contributed by atoms with Crippen molar-refractivity contribution in [3.8, 4) is 0 Å². The minimum Gasteiger partial charge on any atom is -0.394 e. The molecule has 786 valence electrons. The number of ether oxygens (including phenoxy) is 21. The Balaban J connectivity index is 0.984. The van der Waals surface area contributed by atoms with E-state index in [4.69, 9.17) is 99.5 Å². The summed E-state index contributed by atoms with van der Waals surface area (Å²) in [6.45, 7) is -5.70. The minimum atomic E-state index is -2.75. The summed E-state index contributed by atoms with van der Waals surface area (Å²) in [5, 5.41) is 339. The standard InChI is InChI=1S/C76H127N5O55/c1-17-38(95)49(106)53(110)71(118-17)116-16-32-62(45(102)33(66(115)119-32)77-18(2)90)130-69-36(80-21(5)93)47(104)60(29(13-88)125-69)133-74-57(114)63(43(100)31(128-74)15-117-75-64(52(109)42(99)26(10-85)123-75)135-67-34(78-19(3)91)44(101)39(96)23(7-82)120-67)134-76-65(136-70-37(81-22(6)94)48(105)59(28(12-87)126-70)132-73-55(112)51(108)41(98)25(9-84)122-73)56(113)61(30(14-89)127-76)129-68-35(79-20(4)92)46(103)58(27(11-86)124-68)131-72-54(111)50(107)40(97)24(8-83)121-72/h17,23-76,82-89,95-115H,7-16H2,1-6H3,(H,77,90)(H,78,91)(H,79,92)(H,80,93)(H,81,94)/t17-,23-,24-,25-,26-,27-,28-,29-,30-,31-,32-,33-,34-,35-,36-,37-,38+,39-,40+,41+,42-,43-,44-,45-,46-,47-,48-,49+,50+,51+,52+,53-,54-,55-,56+,57+,58-,59-,60-,61-,62-,63+,64+,65+,66-,67+,68+,69+,70+,71+,72+,73+,74+,75+,76-/m1/s1. The van der Waals surface area contributed by atoms with Gasteiger partial charge in [-0.15, -0.1) is 0 Å². The molecule has 11 aliphatic rings. The molecule has 60 heteroatoms. The Labute approximate surface area is 770 Å². The number of nitrogens with one attached hydrogen (secondary N) is 5. The van der Waals surface area contributed by atoms with Crippen LogP contribution in [0.1, 0.15) is 41.5 Å². The zero-order valence-electron chi connectivity index (χ0n) is 73.4. The lowest BCUT2D eigenvalue weighted by atomic mass is 9.93. The van der Waals surface area contributed by atoms with Gasteiger partial charge >= 0.3 is 0 Å². The predicted molar refractivity (Wildman–Crippen MR) is 419 cm³/mol. The summed E-state index contributed by atoms with van der Waals surface area (Å²) in [6, 6.07) is -9.88. The first-order valence-corrected chi connectivity index (χ1v) is 43.5. The van der Waals surface area contributed by atoms with Gasteiger partial charge in [-0.1, -0.05) is 0 Å². The molecule has 5 amide bonds. The van der Waals surface area contributed by atoms with E-state index >= 15 is 0 Å². The number of aliphatic hydroxyl groups excluding tert-OH is 29. The fraction of sp³-hybridized carbons (Fsp3) is 0.934. The maximum atomic E-state index is 13.4. The molecule has 0 aliphatic carbocycles. The van der Waals surface area contributed by atoms with Crippen molar-refractivity contribution in [1.82, 2.24) is 26.6 Å². The predicted octanol–water partition coefficient (Wildman–Crippen LogP) is -23.2. The summed E-state index contributed by atoms with van der Waals surface area (Å²) in [5.41, 5.74) is 0. The normalized spacial score (nSPS) is 49.2. The molecule has 11 saturated heterocycles. The number of aliphatic hydroxyl groups is 29. The van der Waals surface area contributed by atoms with Crippen molar-refractivity contribution < 1.29 is 272 Å². The van der Waals surface area contributed by atoms with Gasteiger partial charge in [-0.3, -0.25) is 24.0 Å². The van der Waals surface area contributed by atoms with Gasteiger partial charge in [-0.05, 0) is 6.92 Å². The maximum Gasteiger partial charge on any atom is 0.217 e. The lowest BCUT2D eigenvalue weighted by Crippen LogP contribution is -2.71. The fourth-order valence-corrected chi connectivity index (χ4v) is 17.7. The van der Waals surface area contributed by atoms with E-state index in [9.17, 15) is 172 Å². The molecule has 0 spiro atoms. The number of hydrogen-bond donors (Lipinski definition) is 34. The Kier molecular flexibility index (Phi) is 40.1. The van der Waals surface area contributed by atoms with Gasteiger partial charge in [0.15, 0.2) is 69.2 Å². The number of carbonyl (C=O) groups excluding carboxylic acids is 5. The first-order chi connectivity index (χ1) is 64.3. The van der Waals surface area contributed by atoms with Crippen molar-refractivity contribution in [1.29, 1.82) is 0 Å². The summed E-state index contributed by atoms with van der Waals surface area (Å²) in [7, 11) is 0. The van der Waals surface area contributed by atoms with E-state index in [1.165, 1.54) is 6.92 Å². The number of amides is 5. The third kappa shape index (κ3) is 24.8. The second-order valence-electron chi connectivity index (χ2n) is 34.5. The van der Waals surface area contributed by atoms with E-state index in [1.807, 2.05) is 0 Å². The van der Waals surface area contributed by atoms with Crippen LogP contribution in [0.15, 0.2) is 0 Å². The average Bonchev–Trinajstić information content (AvgIpc) is 0.746. The number of hydrogen-bond acceptors (Lipinski definition) is 55. The Morgan fingerprint density at radius 2 is 0.463 bits per heavy atom. The molecule has 0 saturated carbocycles. The molecule has 0 unspecified atom stereocenters. The average molecular weight is 1990 g/mol. The van der Waals surface area contributed by atoms with Crippen molar-refractivity contribution >= 4 is 29.5 Å². The Morgan fingerprint density at radius 1 is 0.206 bits per heavy atom. The first-order valence-electron chi connectivity index (χ1n) is 43.5. The van der Waals surface area contributed by atoms with Crippen molar-refractivity contribution in [2.45, 2.75) is 379 Å². The SMILES string of the molecule is CC(=O)N[C@@H]1[C@@H](O)[C@H](O[C@@H]2O[C@H](CO)[C@@H](O[C@@H]3O[C@H](CO[C@H]4O[C@H](CO)[C@@H](O)[C@H](O)[C@@H]4O[C@@H]4O[C@H](CO)[C@@H](O)[C@H](O)[C@H]4NC(C)=O)[C@@H](O)[C@H](O[C@H]4O[C@H](CO)[C@@H](O[C@@H]5O[C@H](CO)[C@@H](O[C@@H]6O[C@H](CO)[C@H](O)[C@H](O)[C@H]6O)[C@H](O)[C@H]5NC(C)=O)[C@H](O)[C@@H]4O[C@@H]4O[C@H](CO)[C@@H](O[C@@H]5O[C@H](CO)[C@H](O)[C@H](O)[C@H]5O)[C@H](O)[C@H]4NC(C)=O)[C@@H]3O)[C@H](O)[C@H]2NC(C)=O)[C@@H](CO[C@H]2O[C@H](C)[C@H](O)[C@H](O)[C@H]2O)O[C@H]1O. The van der Waals surface area contributed by atoms with Gasteiger partial charge < -0.3 is 274 Å². The highest BCUT2D eigenvalue weighted by Crippen LogP contribution is 2.42. The second kappa shape index (κ2) is 48.8. The smallest absolute Gasteiger partial charge is 0.217 e. The van der Waals surface area contributed by atoms with Crippen molar-refractivity contribution in [2.75, 3.05) is 66.1 Å². The molecule has 0 aromatic rings. The van der Waals surface area contributed by atoms with Crippen LogP contribution in [-0.2, 0) is 123 Å². The Hall–Kier alpha value is -4.65. The second-order valence-corrected chi connectivity index (χ2v) is 34.5. The van der Waals surface area contributed by atoms with Gasteiger partial charge in [0.1, 0.15) is 262 Å². The van der Waals surface area contributed by atoms with E-state index in [2.05, 4.69) is 26.6 Å². The van der Waals surface area contributed by atoms with Gasteiger partial charge in [0.25, 0.3) is 0 Å². The summed E-state index contributed by atoms with van der Waals surface area (Å²) >= 11 is 0. The van der Waals surface area contributed by atoms with Gasteiger partial charge in [0.2, 0.25) is 29.5 Å². The molecular formula is C76H127N5O55. The van der Waals surface area contributed by atoms with Crippen molar-refractivity contribution in [3.63, 3.8) is 0 Å². The molecule has 11 rings (SSSR count). The van der Waals surface area contributed by atoms with E-state index in [0.29, 0.717) is 0 Å². The van der Waals surface area contributed by atoms with Crippen LogP contribution in [0, 0.1) is 0 Å². The molecule has 0 radical (unpaired) electrons. The summed E-state index contributed by atoms with van der Waals surface area (Å²) in [5.74, 6) is -4.87. The lowest BCUT2D eigenvalue weighted by Gasteiger charge is -2.52. The molecule has 60 nitrogen and oxygen atoms in total. The van der Waals surface area contributed by atoms with Crippen LogP contribution in [0.5, 0.6) is 0 Å². The Morgan fingerprint density at radius 3 is 0.860 bits per heavy atom. The van der Waals surface area contributed by atoms with E-state index in [0.717, 1.165) is 34.6 Å². The van der Waals surface area contributed by atoms with Gasteiger partial charge in [0.05, 0.1) is 72.2 Å². The molecule has 0 aromatic carbocycles. The summed E-state index contributed by atoms with van der Waals surface area (Å²) in [6.07, 6.45) is -107. The highest BCUT2D eigenvalue weighted by molar-refractivity contribution is 5.75. The molecule has 11 heterocycles. The van der Waals surface area contributed by atoms with Gasteiger partial charge in [0, 0.05) is 34.6 Å². The van der Waals surface area contributed by atoms with Crippen LogP contribution in [0.3, 0.4) is 0 Å². The molecule has 0 aromatic heterocycles. The zero-order valence-corrected chi connectivity index (χ0v) is 73.4. The first kappa shape index (κ1) is 112. The van der Waals surface area contributed by atoms with Gasteiger partial charge in [-0.25, -0.2) is 0 Å². The molecular weight excluding hydrogens is 1860 g/mol. The van der Waals surface area contributed by atoms with E-state index < -0.39 is 433 Å². The number of rotatable bonds is 35. The van der Waals surface area contributed by atoms with Crippen LogP contribution in [-0.4, -0.2) is 581 Å². The maximum absolute atomic E-state index is 13.4. The highest BCUT2D eigenvalue weighted by Gasteiger charge is 2.63. The summed E-state index contributed by atoms with van der Waals surface area (Å²) in [4.78, 5) is 65.2.